The maximum atomic E-state index is 11.6. The standard InChI is InChI=1S/C14H23N3O.C10H13NO.C5H10/c1-11(18)13-9-17(2)8-7-14(13)16-10-15-12-5-3-4-6-12;12-8-4-7-11-9-10-5-2-1-3-6-10;1-5-3-2-4-5/h10,12H,3-9H2,1-2H3,(H,15,16);1-3,5-6,8,11H,4,7,9H2;5H,2-4H2,1H3. The molecule has 2 saturated carbocycles. The number of likely N-dealkylation sites (N-methyl/N-ethyl adjacent to an activating group) is 1. The van der Waals surface area contributed by atoms with Crippen LogP contribution in [0.5, 0.6) is 0 Å². The number of benzene rings is 1. The minimum Gasteiger partial charge on any atom is -0.350 e. The second kappa shape index (κ2) is 17.2. The molecule has 0 unspecified atom stereocenters. The fraction of sp³-hybridized carbons (Fsp3) is 0.621. The van der Waals surface area contributed by atoms with Gasteiger partial charge in [-0.05, 0) is 38.3 Å². The van der Waals surface area contributed by atoms with E-state index in [2.05, 4.69) is 39.6 Å². The van der Waals surface area contributed by atoms with E-state index in [1.807, 2.05) is 25.2 Å². The zero-order valence-electron chi connectivity index (χ0n) is 22.1. The van der Waals surface area contributed by atoms with E-state index in [1.54, 1.807) is 13.3 Å². The monoisotopic (exact) mass is 482 g/mol. The molecule has 0 spiro atoms. The summed E-state index contributed by atoms with van der Waals surface area (Å²) in [6.45, 7) is 7.30. The quantitative estimate of drug-likeness (QED) is 0.227. The lowest BCUT2D eigenvalue weighted by Gasteiger charge is -2.26. The van der Waals surface area contributed by atoms with E-state index in [-0.39, 0.29) is 5.78 Å². The normalized spacial score (nSPS) is 18.8. The molecule has 0 saturated heterocycles. The molecule has 1 aliphatic heterocycles. The number of carbonyl (C=O) groups is 2. The smallest absolute Gasteiger partial charge is 0.158 e. The summed E-state index contributed by atoms with van der Waals surface area (Å²) in [5.41, 5.74) is 3.22. The highest BCUT2D eigenvalue weighted by atomic mass is 16.1. The Labute approximate surface area is 212 Å². The van der Waals surface area contributed by atoms with Crippen molar-refractivity contribution in [1.82, 2.24) is 15.5 Å². The molecule has 1 aromatic rings. The molecule has 194 valence electrons. The van der Waals surface area contributed by atoms with Crippen molar-refractivity contribution in [3.05, 3.63) is 47.2 Å². The average Bonchev–Trinajstić information content (AvgIpc) is 3.36. The maximum Gasteiger partial charge on any atom is 0.158 e. The molecule has 0 bridgehead atoms. The van der Waals surface area contributed by atoms with Crippen molar-refractivity contribution < 1.29 is 9.59 Å². The fourth-order valence-electron chi connectivity index (χ4n) is 4.26. The Bertz CT molecular complexity index is 796. The number of hydrogen-bond acceptors (Lipinski definition) is 5. The van der Waals surface area contributed by atoms with Gasteiger partial charge in [0.05, 0.1) is 12.4 Å². The van der Waals surface area contributed by atoms with Gasteiger partial charge in [-0.1, -0.05) is 69.4 Å². The van der Waals surface area contributed by atoms with Crippen LogP contribution in [0.4, 0.5) is 0 Å². The number of nitrogens with zero attached hydrogens (tertiary/aromatic N) is 2. The van der Waals surface area contributed by atoms with Crippen LogP contribution in [-0.4, -0.2) is 56.0 Å². The van der Waals surface area contributed by atoms with Gasteiger partial charge < -0.3 is 20.3 Å². The lowest BCUT2D eigenvalue weighted by Crippen LogP contribution is -2.34. The third-order valence-electron chi connectivity index (χ3n) is 6.81. The van der Waals surface area contributed by atoms with Gasteiger partial charge in [-0.2, -0.15) is 0 Å². The summed E-state index contributed by atoms with van der Waals surface area (Å²) < 4.78 is 0. The van der Waals surface area contributed by atoms with Crippen molar-refractivity contribution in [2.45, 2.75) is 84.2 Å². The van der Waals surface area contributed by atoms with Crippen LogP contribution in [0, 0.1) is 5.92 Å². The Morgan fingerprint density at radius 2 is 1.80 bits per heavy atom. The lowest BCUT2D eigenvalue weighted by molar-refractivity contribution is -0.114. The molecule has 2 N–H and O–H groups in total. The molecule has 6 heteroatoms. The lowest BCUT2D eigenvalue weighted by atomic mass is 9.88. The van der Waals surface area contributed by atoms with Gasteiger partial charge in [0, 0.05) is 50.3 Å². The molecule has 2 fully saturated rings. The molecular weight excluding hydrogens is 436 g/mol. The van der Waals surface area contributed by atoms with Crippen LogP contribution in [0.3, 0.4) is 0 Å². The van der Waals surface area contributed by atoms with Crippen molar-refractivity contribution in [3.63, 3.8) is 0 Å². The summed E-state index contributed by atoms with van der Waals surface area (Å²) in [5.74, 6) is 1.23. The van der Waals surface area contributed by atoms with Crippen LogP contribution < -0.4 is 10.6 Å². The van der Waals surface area contributed by atoms with Gasteiger partial charge >= 0.3 is 0 Å². The van der Waals surface area contributed by atoms with Crippen LogP contribution >= 0.6 is 0 Å². The second-order valence-electron chi connectivity index (χ2n) is 10.0. The molecule has 4 rings (SSSR count). The van der Waals surface area contributed by atoms with E-state index >= 15 is 0 Å². The largest absolute Gasteiger partial charge is 0.350 e. The highest BCUT2D eigenvalue weighted by Gasteiger charge is 2.19. The number of carbonyl (C=O) groups excluding carboxylic acids is 2. The predicted molar refractivity (Wildman–Crippen MR) is 146 cm³/mol. The van der Waals surface area contributed by atoms with Gasteiger partial charge in [0.2, 0.25) is 0 Å². The molecule has 6 nitrogen and oxygen atoms in total. The molecule has 2 aliphatic carbocycles. The SMILES string of the molecule is CC(=O)C1=C(NC=NC2CCCC2)CCN(C)C1.CC1CCC1.O=CCCNCc1ccccc1. The topological polar surface area (TPSA) is 73.8 Å². The van der Waals surface area contributed by atoms with Crippen LogP contribution in [0.15, 0.2) is 46.6 Å². The molecule has 0 aromatic heterocycles. The van der Waals surface area contributed by atoms with Crippen LogP contribution in [0.2, 0.25) is 0 Å². The van der Waals surface area contributed by atoms with Crippen molar-refractivity contribution in [1.29, 1.82) is 0 Å². The van der Waals surface area contributed by atoms with Gasteiger partial charge in [-0.3, -0.25) is 9.79 Å². The van der Waals surface area contributed by atoms with Gasteiger partial charge in [0.15, 0.2) is 5.78 Å². The van der Waals surface area contributed by atoms with E-state index < -0.39 is 0 Å². The molecule has 3 aliphatic rings. The summed E-state index contributed by atoms with van der Waals surface area (Å²) in [7, 11) is 2.05. The summed E-state index contributed by atoms with van der Waals surface area (Å²) in [6.07, 6.45) is 13.7. The van der Waals surface area contributed by atoms with Gasteiger partial charge in [0.25, 0.3) is 0 Å². The van der Waals surface area contributed by atoms with Gasteiger partial charge in [-0.15, -0.1) is 0 Å². The van der Waals surface area contributed by atoms with Gasteiger partial charge in [0.1, 0.15) is 6.29 Å². The number of rotatable bonds is 9. The second-order valence-corrected chi connectivity index (χ2v) is 10.0. The Hall–Kier alpha value is -2.31. The first-order chi connectivity index (χ1) is 17.0. The van der Waals surface area contributed by atoms with E-state index in [0.717, 1.165) is 56.1 Å². The highest BCUT2D eigenvalue weighted by molar-refractivity contribution is 5.95. The first-order valence-electron chi connectivity index (χ1n) is 13.4. The van der Waals surface area contributed by atoms with Crippen molar-refractivity contribution >= 4 is 18.4 Å². The number of aliphatic imine (C=N–C) groups is 1. The molecular formula is C29H46N4O2. The summed E-state index contributed by atoms with van der Waals surface area (Å²) in [5, 5.41) is 6.41. The first kappa shape index (κ1) is 28.9. The summed E-state index contributed by atoms with van der Waals surface area (Å²) in [6, 6.07) is 10.6. The Morgan fingerprint density at radius 1 is 1.11 bits per heavy atom. The first-order valence-corrected chi connectivity index (χ1v) is 13.4. The van der Waals surface area contributed by atoms with Gasteiger partial charge in [-0.25, -0.2) is 0 Å². The van der Waals surface area contributed by atoms with E-state index in [9.17, 15) is 9.59 Å². The van der Waals surface area contributed by atoms with Crippen molar-refractivity contribution in [3.8, 4) is 0 Å². The van der Waals surface area contributed by atoms with Crippen LogP contribution in [0.1, 0.15) is 77.2 Å². The number of ketones is 1. The zero-order chi connectivity index (χ0) is 25.3. The van der Waals surface area contributed by atoms with Crippen molar-refractivity contribution in [2.24, 2.45) is 10.9 Å². The summed E-state index contributed by atoms with van der Waals surface area (Å²) in [4.78, 5) is 28.3. The minimum absolute atomic E-state index is 0.165. The molecule has 35 heavy (non-hydrogen) atoms. The van der Waals surface area contributed by atoms with Crippen molar-refractivity contribution in [2.75, 3.05) is 26.7 Å². The zero-order valence-corrected chi connectivity index (χ0v) is 22.1. The summed E-state index contributed by atoms with van der Waals surface area (Å²) >= 11 is 0. The number of nitrogens with one attached hydrogen (secondary N) is 2. The Kier molecular flexibility index (Phi) is 14.2. The minimum atomic E-state index is 0.165. The van der Waals surface area contributed by atoms with Crippen LogP contribution in [-0.2, 0) is 16.1 Å². The average molecular weight is 483 g/mol. The molecule has 0 atom stereocenters. The Balaban J connectivity index is 0.000000217. The van der Waals surface area contributed by atoms with E-state index in [4.69, 9.17) is 0 Å². The highest BCUT2D eigenvalue weighted by Crippen LogP contribution is 2.24. The number of Topliss-reactive ketones (excluding diaryl/α,β-unsaturated/α-hetero) is 1. The maximum absolute atomic E-state index is 11.6. The van der Waals surface area contributed by atoms with E-state index in [0.29, 0.717) is 12.5 Å². The number of hydrogen-bond donors (Lipinski definition) is 2. The third kappa shape index (κ3) is 12.3. The Morgan fingerprint density at radius 3 is 2.37 bits per heavy atom. The van der Waals surface area contributed by atoms with Crippen LogP contribution in [0.25, 0.3) is 0 Å². The van der Waals surface area contributed by atoms with E-state index in [1.165, 1.54) is 50.5 Å². The molecule has 1 aromatic carbocycles. The molecule has 0 amide bonds. The third-order valence-corrected chi connectivity index (χ3v) is 6.81. The number of aldehydes is 1. The molecule has 1 heterocycles. The molecule has 0 radical (unpaired) electrons. The fourth-order valence-corrected chi connectivity index (χ4v) is 4.26. The predicted octanol–water partition coefficient (Wildman–Crippen LogP) is 4.90.